The first-order valence-electron chi connectivity index (χ1n) is 18.6. The smallest absolute Gasteiger partial charge is 0.149 e. The molecule has 0 saturated carbocycles. The number of rotatable bonds is 6. The molecule has 7 rings (SSSR count). The molecule has 4 heteroatoms. The van der Waals surface area contributed by atoms with Gasteiger partial charge in [-0.3, -0.25) is 9.55 Å². The second kappa shape index (κ2) is 13.1. The fourth-order valence-corrected chi connectivity index (χ4v) is 7.52. The molecular weight excluding hydrogens is 635 g/mol. The first-order valence-corrected chi connectivity index (χ1v) is 18.6. The highest BCUT2D eigenvalue weighted by Gasteiger charge is 2.30. The van der Waals surface area contributed by atoms with E-state index in [1.807, 2.05) is 18.3 Å². The summed E-state index contributed by atoms with van der Waals surface area (Å²) in [6.45, 7) is 22.3. The largest absolute Gasteiger partial charge is 0.507 e. The average Bonchev–Trinajstić information content (AvgIpc) is 3.49. The topological polar surface area (TPSA) is 50.9 Å². The standard InChI is InChI=1S/C48H51N3O/c1-29(2)34-19-15-20-35(30(3)4)44(34)51-42-23-16-21-37(38-26-32(41-22-13-14-24-49-41)25-31-17-11-12-18-36(31)38)43(42)50-46(51)39-27-33(47(5,6)7)28-40(45(39)52)48(8,9)10/h11-30,52H,1-10H3. The van der Waals surface area contributed by atoms with Crippen LogP contribution in [-0.2, 0) is 10.8 Å². The molecule has 0 saturated heterocycles. The van der Waals surface area contributed by atoms with E-state index in [1.54, 1.807) is 0 Å². The highest BCUT2D eigenvalue weighted by molar-refractivity contribution is 6.06. The van der Waals surface area contributed by atoms with E-state index in [0.29, 0.717) is 0 Å². The Hall–Kier alpha value is -5.22. The summed E-state index contributed by atoms with van der Waals surface area (Å²) in [5, 5.41) is 14.7. The van der Waals surface area contributed by atoms with E-state index >= 15 is 0 Å². The summed E-state index contributed by atoms with van der Waals surface area (Å²) in [6.07, 6.45) is 1.85. The van der Waals surface area contributed by atoms with Crippen molar-refractivity contribution < 1.29 is 5.11 Å². The number of fused-ring (bicyclic) bond motifs is 2. The predicted octanol–water partition coefficient (Wildman–Crippen LogP) is 13.1. The van der Waals surface area contributed by atoms with E-state index < -0.39 is 0 Å². The molecule has 0 aliphatic rings. The highest BCUT2D eigenvalue weighted by atomic mass is 16.3. The SMILES string of the molecule is CC(C)c1cccc(C(C)C)c1-n1c(-c2cc(C(C)(C)C)cc(C(C)(C)C)c2O)nc2c(-c3cc(-c4ccccn4)cc4ccccc34)cccc21. The Balaban J connectivity index is 1.66. The summed E-state index contributed by atoms with van der Waals surface area (Å²) in [4.78, 5) is 10.4. The Morgan fingerprint density at radius 1 is 0.635 bits per heavy atom. The van der Waals surface area contributed by atoms with Gasteiger partial charge >= 0.3 is 0 Å². The van der Waals surface area contributed by atoms with Gasteiger partial charge in [0.2, 0.25) is 0 Å². The molecule has 0 radical (unpaired) electrons. The number of hydrogen-bond donors (Lipinski definition) is 1. The predicted molar refractivity (Wildman–Crippen MR) is 220 cm³/mol. The van der Waals surface area contributed by atoms with E-state index in [4.69, 9.17) is 9.97 Å². The van der Waals surface area contributed by atoms with Crippen molar-refractivity contribution in [3.63, 3.8) is 0 Å². The Bertz CT molecular complexity index is 2410. The van der Waals surface area contributed by atoms with Crippen LogP contribution in [0.5, 0.6) is 5.75 Å². The van der Waals surface area contributed by atoms with Crippen molar-refractivity contribution in [2.45, 2.75) is 91.9 Å². The molecule has 4 nitrogen and oxygen atoms in total. The molecule has 0 fully saturated rings. The van der Waals surface area contributed by atoms with Crippen LogP contribution in [0.15, 0.2) is 109 Å². The Labute approximate surface area is 309 Å². The third-order valence-electron chi connectivity index (χ3n) is 10.4. The van der Waals surface area contributed by atoms with Crippen molar-refractivity contribution >= 4 is 21.8 Å². The van der Waals surface area contributed by atoms with Gasteiger partial charge < -0.3 is 5.11 Å². The van der Waals surface area contributed by atoms with Crippen LogP contribution in [0.3, 0.4) is 0 Å². The van der Waals surface area contributed by atoms with E-state index in [1.165, 1.54) is 16.7 Å². The summed E-state index contributed by atoms with van der Waals surface area (Å²) in [7, 11) is 0. The van der Waals surface area contributed by atoms with Gasteiger partial charge in [0.25, 0.3) is 0 Å². The van der Waals surface area contributed by atoms with Crippen LogP contribution in [0.1, 0.15) is 103 Å². The van der Waals surface area contributed by atoms with Crippen LogP contribution in [0.25, 0.3) is 61.3 Å². The lowest BCUT2D eigenvalue weighted by Crippen LogP contribution is -2.17. The molecule has 0 aliphatic heterocycles. The fourth-order valence-electron chi connectivity index (χ4n) is 7.52. The summed E-state index contributed by atoms with van der Waals surface area (Å²) >= 11 is 0. The van der Waals surface area contributed by atoms with Crippen LogP contribution in [0.2, 0.25) is 0 Å². The number of benzene rings is 5. The number of pyridine rings is 1. The molecule has 1 N–H and O–H groups in total. The number of phenolic OH excluding ortho intramolecular Hbond substituents is 1. The Morgan fingerprint density at radius 2 is 1.31 bits per heavy atom. The zero-order chi connectivity index (χ0) is 37.1. The van der Waals surface area contributed by atoms with E-state index in [2.05, 4.69) is 165 Å². The van der Waals surface area contributed by atoms with Gasteiger partial charge in [-0.1, -0.05) is 136 Å². The minimum atomic E-state index is -0.286. The minimum absolute atomic E-state index is 0.145. The zero-order valence-electron chi connectivity index (χ0n) is 32.3. The molecule has 0 amide bonds. The molecule has 7 aromatic rings. The van der Waals surface area contributed by atoms with Crippen molar-refractivity contribution in [3.05, 3.63) is 132 Å². The zero-order valence-corrected chi connectivity index (χ0v) is 32.3. The maximum Gasteiger partial charge on any atom is 0.149 e. The summed E-state index contributed by atoms with van der Waals surface area (Å²) in [5.74, 6) is 1.56. The summed E-state index contributed by atoms with van der Waals surface area (Å²) in [5.41, 5.74) is 12.1. The lowest BCUT2D eigenvalue weighted by Gasteiger charge is -2.28. The van der Waals surface area contributed by atoms with Crippen molar-refractivity contribution in [1.82, 2.24) is 14.5 Å². The number of aromatic nitrogens is 3. The molecule has 5 aromatic carbocycles. The second-order valence-electron chi connectivity index (χ2n) is 16.9. The van der Waals surface area contributed by atoms with Crippen LogP contribution in [0.4, 0.5) is 0 Å². The van der Waals surface area contributed by atoms with Gasteiger partial charge in [0, 0.05) is 22.9 Å². The molecule has 0 bridgehead atoms. The minimum Gasteiger partial charge on any atom is -0.507 e. The summed E-state index contributed by atoms with van der Waals surface area (Å²) in [6, 6.07) is 36.7. The number of nitrogens with zero attached hydrogens (tertiary/aromatic N) is 3. The first-order chi connectivity index (χ1) is 24.6. The third-order valence-corrected chi connectivity index (χ3v) is 10.4. The van der Waals surface area contributed by atoms with Gasteiger partial charge in [-0.2, -0.15) is 0 Å². The van der Waals surface area contributed by atoms with Gasteiger partial charge in [-0.15, -0.1) is 0 Å². The maximum absolute atomic E-state index is 12.4. The number of hydrogen-bond acceptors (Lipinski definition) is 3. The van der Waals surface area contributed by atoms with Crippen molar-refractivity contribution in [2.75, 3.05) is 0 Å². The fraction of sp³-hybridized carbons (Fsp3) is 0.292. The highest BCUT2D eigenvalue weighted by Crippen LogP contribution is 2.46. The van der Waals surface area contributed by atoms with Gasteiger partial charge in [-0.05, 0) is 92.1 Å². The molecular formula is C48H51N3O. The molecule has 52 heavy (non-hydrogen) atoms. The van der Waals surface area contributed by atoms with Gasteiger partial charge in [-0.25, -0.2) is 4.98 Å². The number of phenols is 1. The molecule has 0 unspecified atom stereocenters. The third kappa shape index (κ3) is 6.19. The molecule has 0 aliphatic carbocycles. The quantitative estimate of drug-likeness (QED) is 0.190. The van der Waals surface area contributed by atoms with E-state index in [9.17, 15) is 5.11 Å². The van der Waals surface area contributed by atoms with Crippen molar-refractivity contribution in [1.29, 1.82) is 0 Å². The Kier molecular flexibility index (Phi) is 8.85. The van der Waals surface area contributed by atoms with Crippen molar-refractivity contribution in [2.24, 2.45) is 0 Å². The molecule has 0 atom stereocenters. The maximum atomic E-state index is 12.4. The molecule has 2 aromatic heterocycles. The van der Waals surface area contributed by atoms with Crippen LogP contribution in [0, 0.1) is 0 Å². The van der Waals surface area contributed by atoms with Gasteiger partial charge in [0.05, 0.1) is 28.0 Å². The molecule has 2 heterocycles. The normalized spacial score (nSPS) is 12.5. The second-order valence-corrected chi connectivity index (χ2v) is 16.9. The van der Waals surface area contributed by atoms with Gasteiger partial charge in [0.1, 0.15) is 11.6 Å². The van der Waals surface area contributed by atoms with Gasteiger partial charge in [0.15, 0.2) is 0 Å². The Morgan fingerprint density at radius 3 is 1.94 bits per heavy atom. The van der Waals surface area contributed by atoms with Crippen LogP contribution < -0.4 is 0 Å². The van der Waals surface area contributed by atoms with Crippen molar-refractivity contribution in [3.8, 4) is 45.2 Å². The lowest BCUT2D eigenvalue weighted by atomic mass is 9.79. The lowest BCUT2D eigenvalue weighted by molar-refractivity contribution is 0.446. The number of imidazole rings is 1. The first kappa shape index (κ1) is 35.2. The van der Waals surface area contributed by atoms with Crippen LogP contribution >= 0.6 is 0 Å². The number of aromatic hydroxyl groups is 1. The summed E-state index contributed by atoms with van der Waals surface area (Å²) < 4.78 is 2.35. The molecule has 0 spiro atoms. The molecule has 264 valence electrons. The number of para-hydroxylation sites is 2. The van der Waals surface area contributed by atoms with E-state index in [0.717, 1.165) is 66.8 Å². The monoisotopic (exact) mass is 685 g/mol. The van der Waals surface area contributed by atoms with E-state index in [-0.39, 0.29) is 28.4 Å². The average molecular weight is 686 g/mol. The van der Waals surface area contributed by atoms with Crippen LogP contribution in [-0.4, -0.2) is 19.6 Å².